The number of nitrogens with one attached hydrogen (secondary N) is 2. The van der Waals surface area contributed by atoms with Gasteiger partial charge in [0.05, 0.1) is 6.04 Å². The molecule has 1 fully saturated rings. The molecule has 2 N–H and O–H groups in total. The van der Waals surface area contributed by atoms with Crippen molar-refractivity contribution in [2.75, 3.05) is 13.1 Å². The zero-order chi connectivity index (χ0) is 10.4. The zero-order valence-electron chi connectivity index (χ0n) is 9.31. The highest BCUT2D eigenvalue weighted by molar-refractivity contribution is 5.81. The second-order valence-corrected chi connectivity index (χ2v) is 4.08. The van der Waals surface area contributed by atoms with Crippen LogP contribution in [0.1, 0.15) is 39.5 Å². The third kappa shape index (κ3) is 3.29. The maximum Gasteiger partial charge on any atom is 0.237 e. The van der Waals surface area contributed by atoms with Gasteiger partial charge in [0.1, 0.15) is 0 Å². The van der Waals surface area contributed by atoms with Gasteiger partial charge < -0.3 is 10.6 Å². The monoisotopic (exact) mass is 198 g/mol. The molecule has 1 aliphatic heterocycles. The number of carbonyl (C=O) groups is 1. The summed E-state index contributed by atoms with van der Waals surface area (Å²) in [5.41, 5.74) is 0. The van der Waals surface area contributed by atoms with Crippen LogP contribution in [0.15, 0.2) is 0 Å². The van der Waals surface area contributed by atoms with E-state index in [0.29, 0.717) is 5.92 Å². The molecule has 14 heavy (non-hydrogen) atoms. The van der Waals surface area contributed by atoms with Gasteiger partial charge in [-0.2, -0.15) is 0 Å². The molecule has 0 aromatic heterocycles. The first-order chi connectivity index (χ1) is 6.77. The lowest BCUT2D eigenvalue weighted by Crippen LogP contribution is -2.42. The molecule has 0 bridgehead atoms. The first-order valence-corrected chi connectivity index (χ1v) is 5.79. The second kappa shape index (κ2) is 6.02. The van der Waals surface area contributed by atoms with Crippen LogP contribution in [0.4, 0.5) is 0 Å². The van der Waals surface area contributed by atoms with Crippen molar-refractivity contribution in [1.29, 1.82) is 0 Å². The molecule has 0 spiro atoms. The topological polar surface area (TPSA) is 41.1 Å². The maximum atomic E-state index is 11.6. The van der Waals surface area contributed by atoms with Crippen LogP contribution in [0.25, 0.3) is 0 Å². The minimum Gasteiger partial charge on any atom is -0.354 e. The van der Waals surface area contributed by atoms with E-state index in [1.165, 1.54) is 0 Å². The van der Waals surface area contributed by atoms with Gasteiger partial charge >= 0.3 is 0 Å². The predicted octanol–water partition coefficient (Wildman–Crippen LogP) is 1.29. The van der Waals surface area contributed by atoms with Gasteiger partial charge in [0.25, 0.3) is 0 Å². The molecule has 1 aliphatic rings. The van der Waals surface area contributed by atoms with E-state index in [-0.39, 0.29) is 11.9 Å². The van der Waals surface area contributed by atoms with Crippen LogP contribution in [0.2, 0.25) is 0 Å². The van der Waals surface area contributed by atoms with E-state index in [1.807, 2.05) is 0 Å². The SMILES string of the molecule is CCC(CC)CNC(=O)[C@H]1CCCN1. The quantitative estimate of drug-likeness (QED) is 0.699. The van der Waals surface area contributed by atoms with E-state index in [9.17, 15) is 4.79 Å². The summed E-state index contributed by atoms with van der Waals surface area (Å²) < 4.78 is 0. The molecule has 0 aliphatic carbocycles. The van der Waals surface area contributed by atoms with Crippen molar-refractivity contribution in [1.82, 2.24) is 10.6 Å². The lowest BCUT2D eigenvalue weighted by Gasteiger charge is -2.15. The highest BCUT2D eigenvalue weighted by Gasteiger charge is 2.21. The fourth-order valence-corrected chi connectivity index (χ4v) is 1.85. The molecule has 0 unspecified atom stereocenters. The summed E-state index contributed by atoms with van der Waals surface area (Å²) >= 11 is 0. The van der Waals surface area contributed by atoms with Crippen molar-refractivity contribution in [3.05, 3.63) is 0 Å². The number of rotatable bonds is 5. The molecule has 1 heterocycles. The number of carbonyl (C=O) groups excluding carboxylic acids is 1. The van der Waals surface area contributed by atoms with Gasteiger partial charge in [-0.15, -0.1) is 0 Å². The van der Waals surface area contributed by atoms with Gasteiger partial charge in [0.2, 0.25) is 5.91 Å². The normalized spacial score (nSPS) is 21.5. The van der Waals surface area contributed by atoms with E-state index >= 15 is 0 Å². The molecule has 3 heteroatoms. The summed E-state index contributed by atoms with van der Waals surface area (Å²) in [6.45, 7) is 6.18. The Bertz CT molecular complexity index is 172. The van der Waals surface area contributed by atoms with Crippen LogP contribution in [-0.2, 0) is 4.79 Å². The molecule has 1 rings (SSSR count). The van der Waals surface area contributed by atoms with Crippen molar-refractivity contribution in [3.8, 4) is 0 Å². The molecular formula is C11H22N2O. The molecule has 1 saturated heterocycles. The molecule has 0 aromatic carbocycles. The lowest BCUT2D eigenvalue weighted by atomic mass is 10.0. The Labute approximate surface area is 86.6 Å². The highest BCUT2D eigenvalue weighted by atomic mass is 16.2. The van der Waals surface area contributed by atoms with Gasteiger partial charge in [-0.1, -0.05) is 26.7 Å². The van der Waals surface area contributed by atoms with Crippen LogP contribution in [0.5, 0.6) is 0 Å². The van der Waals surface area contributed by atoms with Crippen LogP contribution in [0.3, 0.4) is 0 Å². The maximum absolute atomic E-state index is 11.6. The Morgan fingerprint density at radius 2 is 2.21 bits per heavy atom. The van der Waals surface area contributed by atoms with Gasteiger partial charge in [-0.25, -0.2) is 0 Å². The first kappa shape index (κ1) is 11.5. The van der Waals surface area contributed by atoms with Crippen LogP contribution in [-0.4, -0.2) is 25.0 Å². The first-order valence-electron chi connectivity index (χ1n) is 5.79. The molecule has 0 saturated carbocycles. The fraction of sp³-hybridized carbons (Fsp3) is 0.909. The van der Waals surface area contributed by atoms with Gasteiger partial charge in [0.15, 0.2) is 0 Å². The lowest BCUT2D eigenvalue weighted by molar-refractivity contribution is -0.122. The van der Waals surface area contributed by atoms with E-state index < -0.39 is 0 Å². The van der Waals surface area contributed by atoms with Crippen molar-refractivity contribution in [3.63, 3.8) is 0 Å². The minimum atomic E-state index is 0.0735. The molecular weight excluding hydrogens is 176 g/mol. The molecule has 1 atom stereocenters. The Morgan fingerprint density at radius 1 is 1.50 bits per heavy atom. The standard InChI is InChI=1S/C11H22N2O/c1-3-9(4-2)8-13-11(14)10-6-5-7-12-10/h9-10,12H,3-8H2,1-2H3,(H,13,14)/t10-/m1/s1. The van der Waals surface area contributed by atoms with Crippen LogP contribution in [0, 0.1) is 5.92 Å². The van der Waals surface area contributed by atoms with E-state index in [2.05, 4.69) is 24.5 Å². The third-order valence-corrected chi connectivity index (χ3v) is 3.10. The van der Waals surface area contributed by atoms with Crippen molar-refractivity contribution < 1.29 is 4.79 Å². The molecule has 3 nitrogen and oxygen atoms in total. The van der Waals surface area contributed by atoms with Gasteiger partial charge in [-0.3, -0.25) is 4.79 Å². The van der Waals surface area contributed by atoms with Crippen molar-refractivity contribution in [2.45, 2.75) is 45.6 Å². The Kier molecular flexibility index (Phi) is 4.94. The van der Waals surface area contributed by atoms with E-state index in [0.717, 1.165) is 38.8 Å². The summed E-state index contributed by atoms with van der Waals surface area (Å²) in [6, 6.07) is 0.0735. The Balaban J connectivity index is 2.19. The summed E-state index contributed by atoms with van der Waals surface area (Å²) in [7, 11) is 0. The molecule has 82 valence electrons. The van der Waals surface area contributed by atoms with Crippen molar-refractivity contribution >= 4 is 5.91 Å². The van der Waals surface area contributed by atoms with Gasteiger partial charge in [-0.05, 0) is 25.3 Å². The largest absolute Gasteiger partial charge is 0.354 e. The summed E-state index contributed by atoms with van der Waals surface area (Å²) in [5.74, 6) is 0.828. The Morgan fingerprint density at radius 3 is 2.71 bits per heavy atom. The van der Waals surface area contributed by atoms with E-state index in [4.69, 9.17) is 0 Å². The average Bonchev–Trinajstić information content (AvgIpc) is 2.72. The van der Waals surface area contributed by atoms with Gasteiger partial charge in [0, 0.05) is 6.54 Å². The number of hydrogen-bond acceptors (Lipinski definition) is 2. The molecule has 1 amide bonds. The fourth-order valence-electron chi connectivity index (χ4n) is 1.85. The van der Waals surface area contributed by atoms with E-state index in [1.54, 1.807) is 0 Å². The zero-order valence-corrected chi connectivity index (χ0v) is 9.31. The highest BCUT2D eigenvalue weighted by Crippen LogP contribution is 2.07. The minimum absolute atomic E-state index is 0.0735. The second-order valence-electron chi connectivity index (χ2n) is 4.08. The third-order valence-electron chi connectivity index (χ3n) is 3.10. The molecule has 0 radical (unpaired) electrons. The summed E-state index contributed by atoms with van der Waals surface area (Å²) in [4.78, 5) is 11.6. The average molecular weight is 198 g/mol. The number of amides is 1. The smallest absolute Gasteiger partial charge is 0.237 e. The summed E-state index contributed by atoms with van der Waals surface area (Å²) in [6.07, 6.45) is 4.42. The van der Waals surface area contributed by atoms with Crippen LogP contribution < -0.4 is 10.6 Å². The summed E-state index contributed by atoms with van der Waals surface area (Å²) in [5, 5.41) is 6.23. The Hall–Kier alpha value is -0.570. The molecule has 0 aromatic rings. The number of hydrogen-bond donors (Lipinski definition) is 2. The van der Waals surface area contributed by atoms with Crippen LogP contribution >= 0.6 is 0 Å². The predicted molar refractivity (Wildman–Crippen MR) is 58.1 cm³/mol. The van der Waals surface area contributed by atoms with Crippen molar-refractivity contribution in [2.24, 2.45) is 5.92 Å².